The molecule has 2 aliphatic carbocycles. The molecule has 12 heteroatoms. The number of carbonyl (C=O) groups is 1. The first kappa shape index (κ1) is 27.5. The molecule has 0 radical (unpaired) electrons. The van der Waals surface area contributed by atoms with E-state index in [4.69, 9.17) is 42.9 Å². The topological polar surface area (TPSA) is 100 Å². The summed E-state index contributed by atoms with van der Waals surface area (Å²) in [5, 5.41) is 5.00. The number of nitrogens with two attached hydrogens (primary N) is 1. The van der Waals surface area contributed by atoms with Gasteiger partial charge in [-0.1, -0.05) is 28.4 Å². The number of hydrogen-bond donors (Lipinski definition) is 1. The summed E-state index contributed by atoms with van der Waals surface area (Å²) in [5.41, 5.74) is 5.29. The fraction of sp³-hybridized carbons (Fsp3) is 0.464. The first-order valence-corrected chi connectivity index (χ1v) is 13.8. The second-order valence-electron chi connectivity index (χ2n) is 11.1. The van der Waals surface area contributed by atoms with Crippen LogP contribution in [0, 0.1) is 5.41 Å². The molecule has 40 heavy (non-hydrogen) atoms. The van der Waals surface area contributed by atoms with Gasteiger partial charge in [-0.3, -0.25) is 9.78 Å². The molecule has 4 aliphatic rings. The Kier molecular flexibility index (Phi) is 6.88. The van der Waals surface area contributed by atoms with Gasteiger partial charge in [-0.25, -0.2) is 0 Å². The summed E-state index contributed by atoms with van der Waals surface area (Å²) in [5.74, 6) is 0.142. The van der Waals surface area contributed by atoms with Crippen molar-refractivity contribution in [2.75, 3.05) is 13.2 Å². The second kappa shape index (κ2) is 10.0. The monoisotopic (exact) mass is 595 g/mol. The first-order chi connectivity index (χ1) is 19.0. The van der Waals surface area contributed by atoms with Crippen LogP contribution in [-0.2, 0) is 27.9 Å². The summed E-state index contributed by atoms with van der Waals surface area (Å²) in [7, 11) is 0. The highest BCUT2D eigenvalue weighted by Gasteiger charge is 2.51. The Morgan fingerprint density at radius 2 is 1.80 bits per heavy atom. The number of ether oxygens (including phenoxy) is 2. The number of aromatic nitrogens is 2. The summed E-state index contributed by atoms with van der Waals surface area (Å²) < 4.78 is 58.9. The van der Waals surface area contributed by atoms with Gasteiger partial charge in [0.15, 0.2) is 0 Å². The van der Waals surface area contributed by atoms with E-state index in [1.165, 1.54) is 18.5 Å². The summed E-state index contributed by atoms with van der Waals surface area (Å²) in [6.45, 7) is 0.954. The molecule has 2 saturated heterocycles. The molecule has 0 atom stereocenters. The lowest BCUT2D eigenvalue weighted by atomic mass is 9.64. The van der Waals surface area contributed by atoms with E-state index in [9.17, 15) is 18.0 Å². The van der Waals surface area contributed by atoms with Crippen LogP contribution in [0.15, 0.2) is 35.1 Å². The number of alkyl halides is 3. The van der Waals surface area contributed by atoms with Crippen LogP contribution in [0.5, 0.6) is 0 Å². The third-order valence-electron chi connectivity index (χ3n) is 8.36. The Balaban J connectivity index is 1.18. The fourth-order valence-corrected chi connectivity index (χ4v) is 6.39. The fourth-order valence-electron chi connectivity index (χ4n) is 5.85. The number of primary amides is 1. The van der Waals surface area contributed by atoms with E-state index in [1.807, 2.05) is 0 Å². The number of fused-ring (bicyclic) bond motifs is 3. The lowest BCUT2D eigenvalue weighted by Crippen LogP contribution is -2.51. The highest BCUT2D eigenvalue weighted by atomic mass is 35.5. The maximum atomic E-state index is 13.6. The third-order valence-corrected chi connectivity index (χ3v) is 8.93. The molecular weight excluding hydrogens is 570 g/mol. The quantitative estimate of drug-likeness (QED) is 0.300. The Bertz CT molecular complexity index is 1430. The number of rotatable bonds is 8. The molecule has 7 nitrogen and oxygen atoms in total. The van der Waals surface area contributed by atoms with Gasteiger partial charge in [-0.2, -0.15) is 13.2 Å². The van der Waals surface area contributed by atoms with Crippen molar-refractivity contribution in [1.29, 1.82) is 0 Å². The molecule has 4 heterocycles. The number of carbonyl (C=O) groups excluding carboxylic acids is 1. The van der Waals surface area contributed by atoms with Crippen molar-refractivity contribution >= 4 is 29.1 Å². The van der Waals surface area contributed by atoms with Gasteiger partial charge in [0.1, 0.15) is 11.5 Å². The van der Waals surface area contributed by atoms with Crippen LogP contribution in [0.25, 0.3) is 11.3 Å². The van der Waals surface area contributed by atoms with Gasteiger partial charge in [0.25, 0.3) is 0 Å². The van der Waals surface area contributed by atoms with Crippen molar-refractivity contribution in [3.8, 4) is 11.3 Å². The summed E-state index contributed by atoms with van der Waals surface area (Å²) in [6, 6.07) is 3.28. The Morgan fingerprint density at radius 1 is 1.10 bits per heavy atom. The SMILES string of the molecule is NC(=O)c1cc(C(F)(F)F)cc(C23CCC(COCc4c(-c5c(Cl)cncc5Cl)noc4C4CC4)(CC2)CO3)c1. The standard InChI is InChI=1S/C28H26Cl2F3N3O4/c29-20-10-35-11-21(30)22(20)23-19(24(40-36-23)15-1-2-15)12-38-13-26-3-5-27(6-4-26,39-14-26)17-7-16(25(34)37)8-18(9-17)28(31,32)33/h7-11,15H,1-6,12-14H2,(H2,34,37). The molecule has 1 aromatic carbocycles. The van der Waals surface area contributed by atoms with Crippen LogP contribution in [0.1, 0.15) is 77.3 Å². The van der Waals surface area contributed by atoms with Crippen molar-refractivity contribution in [3.63, 3.8) is 0 Å². The molecule has 0 unspecified atom stereocenters. The number of benzene rings is 1. The van der Waals surface area contributed by atoms with E-state index in [0.717, 1.165) is 36.3 Å². The van der Waals surface area contributed by atoms with E-state index >= 15 is 0 Å². The van der Waals surface area contributed by atoms with E-state index in [-0.39, 0.29) is 23.5 Å². The average molecular weight is 596 g/mol. The Hall–Kier alpha value is -2.66. The normalized spacial score (nSPS) is 24.4. The maximum absolute atomic E-state index is 13.6. The molecule has 4 fully saturated rings. The van der Waals surface area contributed by atoms with E-state index in [1.54, 1.807) is 0 Å². The van der Waals surface area contributed by atoms with E-state index < -0.39 is 23.2 Å². The van der Waals surface area contributed by atoms with Crippen molar-refractivity contribution in [2.45, 2.75) is 62.8 Å². The molecule has 7 rings (SSSR count). The molecule has 2 aromatic heterocycles. The minimum Gasteiger partial charge on any atom is -0.376 e. The van der Waals surface area contributed by atoms with Crippen molar-refractivity contribution in [3.05, 3.63) is 68.7 Å². The zero-order chi connectivity index (χ0) is 28.3. The van der Waals surface area contributed by atoms with Crippen LogP contribution in [0.3, 0.4) is 0 Å². The second-order valence-corrected chi connectivity index (χ2v) is 11.9. The summed E-state index contributed by atoms with van der Waals surface area (Å²) >= 11 is 12.8. The van der Waals surface area contributed by atoms with Crippen LogP contribution in [-0.4, -0.2) is 29.3 Å². The highest BCUT2D eigenvalue weighted by molar-refractivity contribution is 6.38. The molecular formula is C28H26Cl2F3N3O4. The minimum atomic E-state index is -4.61. The molecule has 2 saturated carbocycles. The smallest absolute Gasteiger partial charge is 0.376 e. The molecule has 1 amide bonds. The van der Waals surface area contributed by atoms with Crippen molar-refractivity contribution in [2.24, 2.45) is 11.1 Å². The number of hydrogen-bond acceptors (Lipinski definition) is 6. The Morgan fingerprint density at radius 3 is 2.38 bits per heavy atom. The lowest BCUT2D eigenvalue weighted by Gasteiger charge is -2.53. The van der Waals surface area contributed by atoms with Gasteiger partial charge in [0.05, 0.1) is 41.0 Å². The van der Waals surface area contributed by atoms with Crippen LogP contribution < -0.4 is 5.73 Å². The molecule has 2 N–H and O–H groups in total. The van der Waals surface area contributed by atoms with E-state index in [2.05, 4.69) is 10.1 Å². The largest absolute Gasteiger partial charge is 0.416 e. The van der Waals surface area contributed by atoms with Crippen molar-refractivity contribution < 1.29 is 32.0 Å². The average Bonchev–Trinajstić information content (AvgIpc) is 3.69. The zero-order valence-electron chi connectivity index (χ0n) is 21.3. The van der Waals surface area contributed by atoms with E-state index in [0.29, 0.717) is 65.8 Å². The van der Waals surface area contributed by atoms with Gasteiger partial charge in [-0.05, 0) is 62.3 Å². The number of nitrogens with zero attached hydrogens (tertiary/aromatic N) is 2. The number of amides is 1. The van der Waals surface area contributed by atoms with Crippen molar-refractivity contribution in [1.82, 2.24) is 10.1 Å². The first-order valence-electron chi connectivity index (χ1n) is 13.0. The lowest BCUT2D eigenvalue weighted by molar-refractivity contribution is -0.205. The summed E-state index contributed by atoms with van der Waals surface area (Å²) in [6.07, 6.45) is 2.81. The molecule has 212 valence electrons. The molecule has 2 aliphatic heterocycles. The molecule has 3 aromatic rings. The predicted octanol–water partition coefficient (Wildman–Crippen LogP) is 7.04. The molecule has 0 spiro atoms. The molecule has 2 bridgehead atoms. The van der Waals surface area contributed by atoms with Gasteiger partial charge >= 0.3 is 6.18 Å². The van der Waals surface area contributed by atoms with Crippen LogP contribution in [0.2, 0.25) is 10.0 Å². The maximum Gasteiger partial charge on any atom is 0.416 e. The third kappa shape index (κ3) is 5.00. The van der Waals surface area contributed by atoms with Gasteiger partial charge in [0.2, 0.25) is 5.91 Å². The van der Waals surface area contributed by atoms with Crippen LogP contribution >= 0.6 is 23.2 Å². The zero-order valence-corrected chi connectivity index (χ0v) is 22.8. The highest BCUT2D eigenvalue weighted by Crippen LogP contribution is 2.54. The minimum absolute atomic E-state index is 0.182. The van der Waals surface area contributed by atoms with Gasteiger partial charge in [-0.15, -0.1) is 0 Å². The van der Waals surface area contributed by atoms with Gasteiger partial charge < -0.3 is 19.7 Å². The number of pyridine rings is 1. The Labute approximate surface area is 238 Å². The number of halogens is 5. The van der Waals surface area contributed by atoms with Crippen LogP contribution in [0.4, 0.5) is 13.2 Å². The van der Waals surface area contributed by atoms with Gasteiger partial charge in [0, 0.05) is 40.4 Å². The predicted molar refractivity (Wildman–Crippen MR) is 140 cm³/mol. The summed E-state index contributed by atoms with van der Waals surface area (Å²) in [4.78, 5) is 15.8.